The van der Waals surface area contributed by atoms with E-state index in [2.05, 4.69) is 46.5 Å². The Hall–Kier alpha value is -3.02. The number of fused-ring (bicyclic) bond motifs is 1. The molecule has 1 fully saturated rings. The highest BCUT2D eigenvalue weighted by Crippen LogP contribution is 2.29. The van der Waals surface area contributed by atoms with Crippen molar-refractivity contribution in [3.05, 3.63) is 47.8 Å². The van der Waals surface area contributed by atoms with E-state index in [0.29, 0.717) is 13.2 Å². The van der Waals surface area contributed by atoms with Crippen molar-refractivity contribution in [1.29, 1.82) is 0 Å². The number of hydrogen-bond donors (Lipinski definition) is 2. The Morgan fingerprint density at radius 1 is 1.16 bits per heavy atom. The van der Waals surface area contributed by atoms with Gasteiger partial charge in [-0.1, -0.05) is 31.9 Å². The van der Waals surface area contributed by atoms with Gasteiger partial charge in [-0.25, -0.2) is 9.78 Å². The first-order chi connectivity index (χ1) is 15.6. The van der Waals surface area contributed by atoms with Crippen LogP contribution in [0.1, 0.15) is 50.9 Å². The Labute approximate surface area is 190 Å². The number of imidazole rings is 1. The van der Waals surface area contributed by atoms with Crippen molar-refractivity contribution in [1.82, 2.24) is 20.2 Å². The maximum Gasteiger partial charge on any atom is 0.317 e. The fraction of sp³-hybridized carbons (Fsp3) is 0.462. The van der Waals surface area contributed by atoms with Crippen molar-refractivity contribution in [2.45, 2.75) is 53.0 Å². The van der Waals surface area contributed by atoms with E-state index in [1.165, 1.54) is 12.8 Å². The zero-order chi connectivity index (χ0) is 22.5. The van der Waals surface area contributed by atoms with Crippen molar-refractivity contribution in [3.63, 3.8) is 0 Å². The molecule has 32 heavy (non-hydrogen) atoms. The van der Waals surface area contributed by atoms with Crippen LogP contribution in [0.5, 0.6) is 5.75 Å². The number of carbonyl (C=O) groups excluding carboxylic acids is 1. The lowest BCUT2D eigenvalue weighted by molar-refractivity contribution is 0.167. The number of amides is 2. The summed E-state index contributed by atoms with van der Waals surface area (Å²) in [5.41, 5.74) is 5.17. The standard InChI is InChI=1S/C26H34N4O2/c1-4-6-19-11-13-30(14-12-19)26(31)27-17-22-15-20(8-10-25(22)32-5-2)21-7-9-23-24(16-21)29-18(3)28-23/h7-10,15-16,19H,4-6,11-14,17H2,1-3H3,(H,27,31)(H,28,29). The molecular weight excluding hydrogens is 400 g/mol. The predicted molar refractivity (Wildman–Crippen MR) is 129 cm³/mol. The minimum absolute atomic E-state index is 0.0159. The van der Waals surface area contributed by atoms with Crippen LogP contribution in [0.2, 0.25) is 0 Å². The number of carbonyl (C=O) groups is 1. The molecule has 6 nitrogen and oxygen atoms in total. The number of urea groups is 1. The van der Waals surface area contributed by atoms with E-state index in [9.17, 15) is 4.79 Å². The highest BCUT2D eigenvalue weighted by Gasteiger charge is 2.22. The van der Waals surface area contributed by atoms with Gasteiger partial charge < -0.3 is 19.9 Å². The van der Waals surface area contributed by atoms with E-state index in [0.717, 1.165) is 71.1 Å². The van der Waals surface area contributed by atoms with Gasteiger partial charge in [-0.3, -0.25) is 0 Å². The Morgan fingerprint density at radius 3 is 2.66 bits per heavy atom. The molecule has 2 N–H and O–H groups in total. The van der Waals surface area contributed by atoms with Gasteiger partial charge in [-0.2, -0.15) is 0 Å². The van der Waals surface area contributed by atoms with Gasteiger partial charge >= 0.3 is 6.03 Å². The third-order valence-corrected chi connectivity index (χ3v) is 6.32. The quantitative estimate of drug-likeness (QED) is 0.504. The number of aromatic nitrogens is 2. The van der Waals surface area contributed by atoms with Crippen LogP contribution < -0.4 is 10.1 Å². The van der Waals surface area contributed by atoms with Crippen molar-refractivity contribution >= 4 is 17.1 Å². The summed E-state index contributed by atoms with van der Waals surface area (Å²) >= 11 is 0. The van der Waals surface area contributed by atoms with Crippen molar-refractivity contribution in [2.24, 2.45) is 5.92 Å². The number of benzene rings is 2. The maximum atomic E-state index is 12.8. The molecule has 4 rings (SSSR count). The van der Waals surface area contributed by atoms with Crippen LogP contribution in [0.25, 0.3) is 22.2 Å². The zero-order valence-electron chi connectivity index (χ0n) is 19.4. The summed E-state index contributed by atoms with van der Waals surface area (Å²) in [5.74, 6) is 2.49. The molecule has 1 aliphatic heterocycles. The summed E-state index contributed by atoms with van der Waals surface area (Å²) < 4.78 is 5.84. The third kappa shape index (κ3) is 5.06. The van der Waals surface area contributed by atoms with Gasteiger partial charge in [-0.15, -0.1) is 0 Å². The molecule has 6 heteroatoms. The van der Waals surface area contributed by atoms with Crippen molar-refractivity contribution in [2.75, 3.05) is 19.7 Å². The summed E-state index contributed by atoms with van der Waals surface area (Å²) in [5, 5.41) is 3.12. The average molecular weight is 435 g/mol. The molecule has 0 unspecified atom stereocenters. The Balaban J connectivity index is 1.47. The van der Waals surface area contributed by atoms with E-state index >= 15 is 0 Å². The van der Waals surface area contributed by atoms with Crippen LogP contribution in [0, 0.1) is 12.8 Å². The Bertz CT molecular complexity index is 1070. The zero-order valence-corrected chi connectivity index (χ0v) is 19.4. The fourth-order valence-electron chi connectivity index (χ4n) is 4.63. The van der Waals surface area contributed by atoms with Crippen molar-refractivity contribution < 1.29 is 9.53 Å². The van der Waals surface area contributed by atoms with Gasteiger partial charge in [0.25, 0.3) is 0 Å². The lowest BCUT2D eigenvalue weighted by Gasteiger charge is -2.32. The van der Waals surface area contributed by atoms with Crippen LogP contribution in [-0.4, -0.2) is 40.6 Å². The fourth-order valence-corrected chi connectivity index (χ4v) is 4.63. The molecule has 3 aromatic rings. The number of piperidine rings is 1. The molecule has 0 spiro atoms. The van der Waals surface area contributed by atoms with Gasteiger partial charge in [0.2, 0.25) is 0 Å². The lowest BCUT2D eigenvalue weighted by atomic mass is 9.93. The second-order valence-electron chi connectivity index (χ2n) is 8.69. The molecule has 2 aromatic carbocycles. The van der Waals surface area contributed by atoms with E-state index in [-0.39, 0.29) is 6.03 Å². The molecule has 0 atom stereocenters. The summed E-state index contributed by atoms with van der Waals surface area (Å²) in [4.78, 5) is 22.5. The molecule has 0 aliphatic carbocycles. The smallest absolute Gasteiger partial charge is 0.317 e. The predicted octanol–water partition coefficient (Wildman–Crippen LogP) is 5.66. The van der Waals surface area contributed by atoms with E-state index < -0.39 is 0 Å². The van der Waals surface area contributed by atoms with Crippen LogP contribution in [-0.2, 0) is 6.54 Å². The molecule has 1 saturated heterocycles. The highest BCUT2D eigenvalue weighted by molar-refractivity contribution is 5.82. The van der Waals surface area contributed by atoms with Crippen LogP contribution in [0.15, 0.2) is 36.4 Å². The first-order valence-electron chi connectivity index (χ1n) is 11.8. The number of nitrogens with one attached hydrogen (secondary N) is 2. The second kappa shape index (κ2) is 10.1. The number of likely N-dealkylation sites (tertiary alicyclic amines) is 1. The SMILES string of the molecule is CCCC1CCN(C(=O)NCc2cc(-c3ccc4nc(C)[nH]c4c3)ccc2OCC)CC1. The van der Waals surface area contributed by atoms with Crippen LogP contribution in [0.4, 0.5) is 4.79 Å². The van der Waals surface area contributed by atoms with E-state index in [1.54, 1.807) is 0 Å². The van der Waals surface area contributed by atoms with Crippen molar-refractivity contribution in [3.8, 4) is 16.9 Å². The third-order valence-electron chi connectivity index (χ3n) is 6.32. The number of rotatable bonds is 7. The molecule has 170 valence electrons. The number of aromatic amines is 1. The normalized spacial score (nSPS) is 14.7. The highest BCUT2D eigenvalue weighted by atomic mass is 16.5. The summed E-state index contributed by atoms with van der Waals surface area (Å²) in [6.45, 7) is 8.90. The maximum absolute atomic E-state index is 12.8. The Kier molecular flexibility index (Phi) is 6.98. The number of ether oxygens (including phenoxy) is 1. The van der Waals surface area contributed by atoms with E-state index in [1.807, 2.05) is 30.9 Å². The molecule has 0 saturated carbocycles. The van der Waals surface area contributed by atoms with Gasteiger partial charge in [0, 0.05) is 25.2 Å². The molecule has 2 heterocycles. The number of hydrogen-bond acceptors (Lipinski definition) is 3. The minimum Gasteiger partial charge on any atom is -0.494 e. The van der Waals surface area contributed by atoms with Crippen LogP contribution in [0.3, 0.4) is 0 Å². The first-order valence-corrected chi connectivity index (χ1v) is 11.8. The number of aryl methyl sites for hydroxylation is 1. The molecule has 0 bridgehead atoms. The van der Waals surface area contributed by atoms with E-state index in [4.69, 9.17) is 4.74 Å². The molecule has 1 aliphatic rings. The topological polar surface area (TPSA) is 70.2 Å². The summed E-state index contributed by atoms with van der Waals surface area (Å²) in [7, 11) is 0. The molecule has 2 amide bonds. The first kappa shape index (κ1) is 22.2. The average Bonchev–Trinajstić information content (AvgIpc) is 3.18. The molecule has 0 radical (unpaired) electrons. The number of H-pyrrole nitrogens is 1. The largest absolute Gasteiger partial charge is 0.494 e. The lowest BCUT2D eigenvalue weighted by Crippen LogP contribution is -2.44. The minimum atomic E-state index is 0.0159. The van der Waals surface area contributed by atoms with Gasteiger partial charge in [0.05, 0.1) is 17.6 Å². The molecule has 1 aromatic heterocycles. The van der Waals surface area contributed by atoms with Gasteiger partial charge in [0.15, 0.2) is 0 Å². The summed E-state index contributed by atoms with van der Waals surface area (Å²) in [6, 6.07) is 12.4. The van der Waals surface area contributed by atoms with Gasteiger partial charge in [0.1, 0.15) is 11.6 Å². The van der Waals surface area contributed by atoms with Crippen LogP contribution >= 0.6 is 0 Å². The molecular formula is C26H34N4O2. The van der Waals surface area contributed by atoms with Gasteiger partial charge in [-0.05, 0) is 68.0 Å². The number of nitrogens with zero attached hydrogens (tertiary/aromatic N) is 2. The summed E-state index contributed by atoms with van der Waals surface area (Å²) in [6.07, 6.45) is 4.71. The second-order valence-corrected chi connectivity index (χ2v) is 8.69. The Morgan fingerprint density at radius 2 is 1.91 bits per heavy atom. The monoisotopic (exact) mass is 434 g/mol.